The van der Waals surface area contributed by atoms with E-state index in [0.717, 1.165) is 0 Å². The summed E-state index contributed by atoms with van der Waals surface area (Å²) in [7, 11) is 0. The van der Waals surface area contributed by atoms with Gasteiger partial charge in [0.05, 0.1) is 58.3 Å². The van der Waals surface area contributed by atoms with Crippen LogP contribution in [-0.2, 0) is 83.0 Å². The van der Waals surface area contributed by atoms with Gasteiger partial charge in [-0.05, 0) is 60.7 Å². The summed E-state index contributed by atoms with van der Waals surface area (Å²) in [6, 6.07) is 23.1. The van der Waals surface area contributed by atoms with Gasteiger partial charge in [0.1, 0.15) is 0 Å². The van der Waals surface area contributed by atoms with Crippen LogP contribution >= 0.6 is 0 Å². The van der Waals surface area contributed by atoms with Gasteiger partial charge in [0.2, 0.25) is 0 Å². The monoisotopic (exact) mass is 843 g/mol. The maximum absolute atomic E-state index is 10.0. The number of rotatable bonds is 5. The van der Waals surface area contributed by atoms with E-state index in [0.29, 0.717) is 0 Å². The second kappa shape index (κ2) is 39.4. The van der Waals surface area contributed by atoms with Crippen LogP contribution in [-0.4, -0.2) is 54.8 Å². The number of pyridine rings is 5. The molecule has 0 unspecified atom stereocenters. The molecule has 0 bridgehead atoms. The fraction of sp³-hybridized carbons (Fsp3) is 0. The van der Waals surface area contributed by atoms with Crippen LogP contribution in [0.5, 0.6) is 0 Å². The molecule has 0 amide bonds. The SMILES string of the molecule is O=C([O-])c1ccccn1.O=C([O-])c1ccccn1.O=C([O-])c1ccccn1.O=C([O-])c1ccccn1.O=C([O-])c1ccccn1.[O-2].[O-2].[O-2].[O-2].[O-2].[V+5].[V+5].[V+5]. The number of carbonyl (C=O) groups excluding carboxylic acids is 5. The van der Waals surface area contributed by atoms with Gasteiger partial charge in [0.25, 0.3) is 0 Å². The molecule has 0 aliphatic carbocycles. The van der Waals surface area contributed by atoms with E-state index in [1.54, 1.807) is 60.7 Å². The van der Waals surface area contributed by atoms with E-state index in [9.17, 15) is 49.5 Å². The predicted octanol–water partition coefficient (Wildman–Crippen LogP) is -3.38. The molecule has 23 heteroatoms. The Bertz CT molecular complexity index is 1350. The Balaban J connectivity index is -0.0000000767. The Morgan fingerprint density at radius 3 is 0.491 bits per heavy atom. The van der Waals surface area contributed by atoms with E-state index < -0.39 is 29.8 Å². The van der Waals surface area contributed by atoms with Crippen LogP contribution in [0.4, 0.5) is 0 Å². The Morgan fingerprint density at radius 2 is 0.434 bits per heavy atom. The second-order valence-corrected chi connectivity index (χ2v) is 7.51. The van der Waals surface area contributed by atoms with Crippen LogP contribution in [0.2, 0.25) is 0 Å². The van der Waals surface area contributed by atoms with Crippen molar-refractivity contribution >= 4 is 29.8 Å². The third-order valence-corrected chi connectivity index (χ3v) is 4.37. The molecule has 0 saturated heterocycles. The van der Waals surface area contributed by atoms with Gasteiger partial charge >= 0.3 is 55.7 Å². The van der Waals surface area contributed by atoms with Crippen LogP contribution < -0.4 is 25.5 Å². The quantitative estimate of drug-likeness (QED) is 0.167. The summed E-state index contributed by atoms with van der Waals surface area (Å²) >= 11 is 0. The van der Waals surface area contributed by atoms with Crippen molar-refractivity contribution < 1.29 is 133 Å². The van der Waals surface area contributed by atoms with Crippen LogP contribution in [0.25, 0.3) is 0 Å². The third kappa shape index (κ3) is 31.1. The molecule has 53 heavy (non-hydrogen) atoms. The number of nitrogens with zero attached hydrogens (tertiary/aromatic N) is 5. The van der Waals surface area contributed by atoms with Gasteiger partial charge in [-0.1, -0.05) is 30.3 Å². The van der Waals surface area contributed by atoms with Crippen molar-refractivity contribution in [1.29, 1.82) is 0 Å². The Labute approximate surface area is 336 Å². The summed E-state index contributed by atoms with van der Waals surface area (Å²) in [5, 5.41) is 50.1. The minimum atomic E-state index is -1.24. The number of carboxylic acid groups (broad SMARTS) is 5. The Kier molecular flexibility index (Phi) is 49.1. The Hall–Kier alpha value is -5.35. The van der Waals surface area contributed by atoms with Gasteiger partial charge in [0, 0.05) is 31.0 Å². The van der Waals surface area contributed by atoms with E-state index in [2.05, 4.69) is 24.9 Å². The standard InChI is InChI=1S/5C6H5NO2.5O.3V/c5*8-6(9)5-3-1-2-4-7-5;;;;;;;;/h5*1-4H,(H,8,9);;;;;;;;/q;;;;;5*-2;3*+5/p-5. The first-order valence-electron chi connectivity index (χ1n) is 12.1. The molecule has 0 fully saturated rings. The maximum Gasteiger partial charge on any atom is 5.00 e. The predicted molar refractivity (Wildman–Crippen MR) is 146 cm³/mol. The topological polar surface area (TPSA) is 408 Å². The molecule has 0 N–H and O–H groups in total. The fourth-order valence-corrected chi connectivity index (χ4v) is 2.42. The van der Waals surface area contributed by atoms with Crippen molar-refractivity contribution in [3.8, 4) is 0 Å². The second-order valence-electron chi connectivity index (χ2n) is 7.51. The molecule has 5 aromatic rings. The van der Waals surface area contributed by atoms with Gasteiger partial charge in [-0.25, -0.2) is 0 Å². The van der Waals surface area contributed by atoms with Gasteiger partial charge in [-0.15, -0.1) is 0 Å². The molecule has 0 aromatic carbocycles. The molecule has 0 atom stereocenters. The molecule has 0 radical (unpaired) electrons. The number of aromatic carboxylic acids is 5. The average Bonchev–Trinajstić information content (AvgIpc) is 3.08. The number of carbonyl (C=O) groups is 5. The fourth-order valence-electron chi connectivity index (χ4n) is 2.42. The largest absolute Gasteiger partial charge is 5.00 e. The summed E-state index contributed by atoms with van der Waals surface area (Å²) < 4.78 is 0. The van der Waals surface area contributed by atoms with Crippen molar-refractivity contribution in [2.45, 2.75) is 0 Å². The maximum atomic E-state index is 10.0. The zero-order chi connectivity index (χ0) is 33.5. The zero-order valence-corrected chi connectivity index (χ0v) is 30.4. The molecular weight excluding hydrogens is 823 g/mol. The molecule has 5 rings (SSSR count). The smallest absolute Gasteiger partial charge is 2.00 e. The summed E-state index contributed by atoms with van der Waals surface area (Å²) in [6.45, 7) is 0. The number of aromatic nitrogens is 5. The van der Waals surface area contributed by atoms with Crippen LogP contribution in [0, 0.1) is 0 Å². The first-order valence-corrected chi connectivity index (χ1v) is 12.1. The van der Waals surface area contributed by atoms with E-state index >= 15 is 0 Å². The van der Waals surface area contributed by atoms with Crippen molar-refractivity contribution in [2.24, 2.45) is 0 Å². The molecular formula is C30H20N5O15V3. The number of carboxylic acids is 5. The minimum absolute atomic E-state index is 0. The molecule has 0 saturated carbocycles. The number of hydrogen-bond donors (Lipinski definition) is 0. The van der Waals surface area contributed by atoms with E-state index in [1.165, 1.54) is 61.3 Å². The average molecular weight is 843 g/mol. The summed E-state index contributed by atoms with van der Waals surface area (Å²) in [5.74, 6) is -6.20. The van der Waals surface area contributed by atoms with Gasteiger partial charge in [-0.3, -0.25) is 24.9 Å². The van der Waals surface area contributed by atoms with Crippen molar-refractivity contribution in [1.82, 2.24) is 24.9 Å². The van der Waals surface area contributed by atoms with Crippen LogP contribution in [0.15, 0.2) is 122 Å². The molecule has 5 aromatic heterocycles. The zero-order valence-electron chi connectivity index (χ0n) is 26.2. The molecule has 20 nitrogen and oxygen atoms in total. The van der Waals surface area contributed by atoms with Crippen LogP contribution in [0.3, 0.4) is 0 Å². The summed E-state index contributed by atoms with van der Waals surface area (Å²) in [6.07, 6.45) is 7.04. The molecule has 5 heterocycles. The first-order chi connectivity index (χ1) is 21.5. The molecule has 0 aliphatic heterocycles. The first kappa shape index (κ1) is 66.0. The van der Waals surface area contributed by atoms with Gasteiger partial charge in [-0.2, -0.15) is 0 Å². The van der Waals surface area contributed by atoms with Crippen LogP contribution in [0.1, 0.15) is 52.4 Å². The van der Waals surface area contributed by atoms with Crippen molar-refractivity contribution in [3.63, 3.8) is 0 Å². The van der Waals surface area contributed by atoms with E-state index in [4.69, 9.17) is 0 Å². The van der Waals surface area contributed by atoms with Gasteiger partial charge in [0.15, 0.2) is 0 Å². The molecule has 270 valence electrons. The van der Waals surface area contributed by atoms with Crippen molar-refractivity contribution in [3.05, 3.63) is 150 Å². The number of hydrogen-bond acceptors (Lipinski definition) is 15. The van der Waals surface area contributed by atoms with E-state index in [-0.39, 0.29) is 112 Å². The third-order valence-electron chi connectivity index (χ3n) is 4.37. The Morgan fingerprint density at radius 1 is 0.302 bits per heavy atom. The summed E-state index contributed by atoms with van der Waals surface area (Å²) in [4.78, 5) is 67.7. The van der Waals surface area contributed by atoms with E-state index in [1.807, 2.05) is 0 Å². The minimum Gasteiger partial charge on any atom is -2.00 e. The summed E-state index contributed by atoms with van der Waals surface area (Å²) in [5.41, 5.74) is -0.150. The molecule has 0 spiro atoms. The van der Waals surface area contributed by atoms with Crippen molar-refractivity contribution in [2.75, 3.05) is 0 Å². The normalized spacial score (nSPS) is 7.55. The van der Waals surface area contributed by atoms with Gasteiger partial charge < -0.3 is 76.9 Å². The molecule has 0 aliphatic rings.